The van der Waals surface area contributed by atoms with Gasteiger partial charge in [-0.1, -0.05) is 23.8 Å². The van der Waals surface area contributed by atoms with Crippen molar-refractivity contribution in [3.05, 3.63) is 39.9 Å². The zero-order valence-corrected chi connectivity index (χ0v) is 9.81. The standard InChI is InChI=1S/C11H10Cl2N2/c1-7-4-2-3-5-8(7)10-9(12)6-14-11(13)15-10/h4-6H,2-3H2,1H3. The van der Waals surface area contributed by atoms with Gasteiger partial charge in [-0.3, -0.25) is 0 Å². The fourth-order valence-electron chi connectivity index (χ4n) is 1.62. The summed E-state index contributed by atoms with van der Waals surface area (Å²) in [6.45, 7) is 2.05. The molecular weight excluding hydrogens is 231 g/mol. The Hall–Kier alpha value is -0.860. The molecule has 1 aromatic rings. The van der Waals surface area contributed by atoms with Gasteiger partial charge in [0.2, 0.25) is 5.28 Å². The van der Waals surface area contributed by atoms with Gasteiger partial charge in [-0.05, 0) is 36.9 Å². The molecular formula is C11H10Cl2N2. The molecule has 0 bridgehead atoms. The van der Waals surface area contributed by atoms with E-state index in [1.54, 1.807) is 0 Å². The van der Waals surface area contributed by atoms with Crippen LogP contribution in [0.4, 0.5) is 0 Å². The Morgan fingerprint density at radius 3 is 2.67 bits per heavy atom. The van der Waals surface area contributed by atoms with E-state index in [1.165, 1.54) is 11.8 Å². The Morgan fingerprint density at radius 2 is 1.93 bits per heavy atom. The van der Waals surface area contributed by atoms with Gasteiger partial charge < -0.3 is 0 Å². The molecule has 0 radical (unpaired) electrons. The fourth-order valence-corrected chi connectivity index (χ4v) is 1.94. The van der Waals surface area contributed by atoms with Crippen molar-refractivity contribution in [1.29, 1.82) is 0 Å². The Labute approximate surface area is 98.6 Å². The fraction of sp³-hybridized carbons (Fsp3) is 0.273. The average molecular weight is 241 g/mol. The van der Waals surface area contributed by atoms with Crippen molar-refractivity contribution in [2.45, 2.75) is 19.8 Å². The zero-order valence-electron chi connectivity index (χ0n) is 8.30. The number of halogens is 2. The van der Waals surface area contributed by atoms with E-state index < -0.39 is 0 Å². The maximum atomic E-state index is 6.04. The molecule has 2 nitrogen and oxygen atoms in total. The Bertz CT molecular complexity index is 450. The number of allylic oxidation sites excluding steroid dienone is 4. The molecule has 0 fully saturated rings. The summed E-state index contributed by atoms with van der Waals surface area (Å²) in [5, 5.41) is 0.772. The number of hydrogen-bond donors (Lipinski definition) is 0. The van der Waals surface area contributed by atoms with Crippen molar-refractivity contribution in [1.82, 2.24) is 9.97 Å². The second-order valence-electron chi connectivity index (χ2n) is 3.42. The summed E-state index contributed by atoms with van der Waals surface area (Å²) >= 11 is 11.8. The van der Waals surface area contributed by atoms with Crippen LogP contribution in [0.1, 0.15) is 25.5 Å². The molecule has 0 amide bonds. The Balaban J connectivity index is 2.49. The molecule has 4 heteroatoms. The second-order valence-corrected chi connectivity index (χ2v) is 4.16. The summed E-state index contributed by atoms with van der Waals surface area (Å²) in [6.07, 6.45) is 7.95. The lowest BCUT2D eigenvalue weighted by Gasteiger charge is -2.13. The number of rotatable bonds is 1. The van der Waals surface area contributed by atoms with Crippen LogP contribution in [0.25, 0.3) is 5.57 Å². The lowest BCUT2D eigenvalue weighted by Crippen LogP contribution is -1.97. The second kappa shape index (κ2) is 4.33. The number of aromatic nitrogens is 2. The van der Waals surface area contributed by atoms with Crippen LogP contribution in [-0.4, -0.2) is 9.97 Å². The van der Waals surface area contributed by atoms with Crippen LogP contribution >= 0.6 is 23.2 Å². The van der Waals surface area contributed by atoms with Gasteiger partial charge in [0.25, 0.3) is 0 Å². The van der Waals surface area contributed by atoms with E-state index in [1.807, 2.05) is 0 Å². The minimum atomic E-state index is 0.230. The van der Waals surface area contributed by atoms with E-state index >= 15 is 0 Å². The molecule has 1 aliphatic rings. The van der Waals surface area contributed by atoms with Crippen molar-refractivity contribution >= 4 is 28.8 Å². The molecule has 0 N–H and O–H groups in total. The van der Waals surface area contributed by atoms with E-state index in [0.29, 0.717) is 5.02 Å². The van der Waals surface area contributed by atoms with Gasteiger partial charge in [0.1, 0.15) is 0 Å². The first-order chi connectivity index (χ1) is 7.18. The SMILES string of the molecule is CC1=CCCC=C1c1nc(Cl)ncc1Cl. The predicted octanol–water partition coefficient (Wildman–Crippen LogP) is 3.91. The molecule has 78 valence electrons. The molecule has 2 rings (SSSR count). The summed E-state index contributed by atoms with van der Waals surface area (Å²) in [5.41, 5.74) is 2.98. The van der Waals surface area contributed by atoms with Crippen LogP contribution in [0.15, 0.2) is 23.9 Å². The molecule has 0 atom stereocenters. The number of hydrogen-bond acceptors (Lipinski definition) is 2. The smallest absolute Gasteiger partial charge is 0.222 e. The normalized spacial score (nSPS) is 15.9. The van der Waals surface area contributed by atoms with E-state index in [-0.39, 0.29) is 5.28 Å². The number of nitrogens with zero attached hydrogens (tertiary/aromatic N) is 2. The highest BCUT2D eigenvalue weighted by Crippen LogP contribution is 2.31. The summed E-state index contributed by atoms with van der Waals surface area (Å²) < 4.78 is 0. The summed E-state index contributed by atoms with van der Waals surface area (Å²) in [5.74, 6) is 0. The van der Waals surface area contributed by atoms with E-state index in [4.69, 9.17) is 23.2 Å². The highest BCUT2D eigenvalue weighted by molar-refractivity contribution is 6.33. The van der Waals surface area contributed by atoms with Crippen LogP contribution in [0.5, 0.6) is 0 Å². The zero-order chi connectivity index (χ0) is 10.8. The lowest BCUT2D eigenvalue weighted by atomic mass is 9.96. The van der Waals surface area contributed by atoms with E-state index in [2.05, 4.69) is 29.0 Å². The van der Waals surface area contributed by atoms with Gasteiger partial charge in [0, 0.05) is 5.57 Å². The molecule has 0 aromatic carbocycles. The third-order valence-electron chi connectivity index (χ3n) is 2.36. The topological polar surface area (TPSA) is 25.8 Å². The molecule has 1 aromatic heterocycles. The molecule has 0 saturated heterocycles. The van der Waals surface area contributed by atoms with E-state index in [9.17, 15) is 0 Å². The van der Waals surface area contributed by atoms with Crippen molar-refractivity contribution in [3.8, 4) is 0 Å². The van der Waals surface area contributed by atoms with Crippen LogP contribution in [-0.2, 0) is 0 Å². The minimum Gasteiger partial charge on any atom is -0.225 e. The highest BCUT2D eigenvalue weighted by Gasteiger charge is 2.13. The Morgan fingerprint density at radius 1 is 1.20 bits per heavy atom. The molecule has 0 saturated carbocycles. The largest absolute Gasteiger partial charge is 0.225 e. The first-order valence-electron chi connectivity index (χ1n) is 4.74. The van der Waals surface area contributed by atoms with Gasteiger partial charge in [-0.2, -0.15) is 0 Å². The first-order valence-corrected chi connectivity index (χ1v) is 5.50. The maximum absolute atomic E-state index is 6.04. The van der Waals surface area contributed by atoms with Gasteiger partial charge in [0.15, 0.2) is 0 Å². The predicted molar refractivity (Wildman–Crippen MR) is 63.0 cm³/mol. The van der Waals surface area contributed by atoms with Crippen LogP contribution in [0.2, 0.25) is 10.3 Å². The van der Waals surface area contributed by atoms with Crippen LogP contribution in [0, 0.1) is 0 Å². The highest BCUT2D eigenvalue weighted by atomic mass is 35.5. The average Bonchev–Trinajstić information content (AvgIpc) is 2.23. The van der Waals surface area contributed by atoms with Crippen LogP contribution < -0.4 is 0 Å². The van der Waals surface area contributed by atoms with Gasteiger partial charge in [-0.25, -0.2) is 9.97 Å². The Kier molecular flexibility index (Phi) is 3.08. The summed E-state index contributed by atoms with van der Waals surface area (Å²) in [6, 6.07) is 0. The third-order valence-corrected chi connectivity index (χ3v) is 2.82. The van der Waals surface area contributed by atoms with Crippen molar-refractivity contribution in [2.24, 2.45) is 0 Å². The molecule has 0 aliphatic heterocycles. The van der Waals surface area contributed by atoms with Gasteiger partial charge >= 0.3 is 0 Å². The summed E-state index contributed by atoms with van der Waals surface area (Å²) in [4.78, 5) is 7.99. The van der Waals surface area contributed by atoms with Crippen LogP contribution in [0.3, 0.4) is 0 Å². The van der Waals surface area contributed by atoms with Crippen molar-refractivity contribution in [3.63, 3.8) is 0 Å². The van der Waals surface area contributed by atoms with Crippen molar-refractivity contribution < 1.29 is 0 Å². The molecule has 1 aliphatic carbocycles. The van der Waals surface area contributed by atoms with Crippen molar-refractivity contribution in [2.75, 3.05) is 0 Å². The molecule has 0 spiro atoms. The van der Waals surface area contributed by atoms with Gasteiger partial charge in [-0.15, -0.1) is 0 Å². The van der Waals surface area contributed by atoms with E-state index in [0.717, 1.165) is 24.1 Å². The monoisotopic (exact) mass is 240 g/mol. The molecule has 0 unspecified atom stereocenters. The third kappa shape index (κ3) is 2.21. The minimum absolute atomic E-state index is 0.230. The first kappa shape index (κ1) is 10.7. The molecule has 1 heterocycles. The summed E-state index contributed by atoms with van der Waals surface area (Å²) in [7, 11) is 0. The molecule has 15 heavy (non-hydrogen) atoms. The quantitative estimate of drug-likeness (QED) is 0.696. The maximum Gasteiger partial charge on any atom is 0.222 e. The lowest BCUT2D eigenvalue weighted by molar-refractivity contribution is 1.01. The van der Waals surface area contributed by atoms with Gasteiger partial charge in [0.05, 0.1) is 16.9 Å².